The highest BCUT2D eigenvalue weighted by atomic mass is 32.2. The first-order chi connectivity index (χ1) is 15.4. The van der Waals surface area contributed by atoms with Gasteiger partial charge in [0, 0.05) is 16.9 Å². The molecule has 3 aromatic rings. The summed E-state index contributed by atoms with van der Waals surface area (Å²) in [6, 6.07) is 0.841. The van der Waals surface area contributed by atoms with E-state index in [9.17, 15) is 31.1 Å². The minimum Gasteiger partial charge on any atom is -0.335 e. The highest BCUT2D eigenvalue weighted by molar-refractivity contribution is 7.99. The lowest BCUT2D eigenvalue weighted by atomic mass is 10.1. The molecule has 2 heterocycles. The Morgan fingerprint density at radius 3 is 2.39 bits per heavy atom. The summed E-state index contributed by atoms with van der Waals surface area (Å²) in [7, 11) is 0. The highest BCUT2D eigenvalue weighted by Crippen LogP contribution is 2.37. The number of aromatic nitrogens is 5. The van der Waals surface area contributed by atoms with Gasteiger partial charge in [-0.05, 0) is 37.5 Å². The van der Waals surface area contributed by atoms with E-state index in [1.807, 2.05) is 5.32 Å². The van der Waals surface area contributed by atoms with Gasteiger partial charge < -0.3 is 11.2 Å². The Labute approximate surface area is 185 Å². The van der Waals surface area contributed by atoms with E-state index in [-0.39, 0.29) is 22.8 Å². The third-order valence-electron chi connectivity index (χ3n) is 4.89. The lowest BCUT2D eigenvalue weighted by Crippen LogP contribution is -2.18. The first kappa shape index (κ1) is 22.9. The number of H-pyrrole nitrogens is 1. The number of amides is 1. The molecule has 33 heavy (non-hydrogen) atoms. The molecule has 4 N–H and O–H groups in total. The summed E-state index contributed by atoms with van der Waals surface area (Å²) >= 11 is 0.815. The normalized spacial score (nSPS) is 13.9. The molecule has 0 radical (unpaired) electrons. The number of hydrogen-bond acceptors (Lipinski definition) is 6. The number of anilines is 1. The van der Waals surface area contributed by atoms with Gasteiger partial charge in [-0.2, -0.15) is 31.4 Å². The highest BCUT2D eigenvalue weighted by Gasteiger charge is 2.37. The molecule has 1 aliphatic rings. The van der Waals surface area contributed by atoms with Crippen molar-refractivity contribution in [2.45, 2.75) is 36.8 Å². The molecule has 1 aromatic carbocycles. The van der Waals surface area contributed by atoms with Crippen LogP contribution in [0.2, 0.25) is 0 Å². The maximum absolute atomic E-state index is 13.0. The van der Waals surface area contributed by atoms with Gasteiger partial charge in [-0.3, -0.25) is 9.89 Å². The van der Waals surface area contributed by atoms with Gasteiger partial charge >= 0.3 is 12.4 Å². The molecule has 4 rings (SSSR count). The monoisotopic (exact) mass is 491 g/mol. The number of aryl methyl sites for hydroxylation is 1. The van der Waals surface area contributed by atoms with E-state index in [2.05, 4.69) is 20.4 Å². The summed E-state index contributed by atoms with van der Waals surface area (Å²) in [5.41, 5.74) is -1.19. The molecule has 8 nitrogen and oxygen atoms in total. The number of aromatic amines is 1. The number of nitrogens with zero attached hydrogens (tertiary/aromatic N) is 4. The summed E-state index contributed by atoms with van der Waals surface area (Å²) < 4.78 is 78.9. The number of nitrogen functional groups attached to an aromatic ring is 1. The van der Waals surface area contributed by atoms with Gasteiger partial charge in [-0.1, -0.05) is 11.8 Å². The molecular weight excluding hydrogens is 476 g/mol. The quantitative estimate of drug-likeness (QED) is 0.285. The Balaban J connectivity index is 1.47. The third-order valence-corrected chi connectivity index (χ3v) is 5.83. The number of fused-ring (bicyclic) bond motifs is 1. The van der Waals surface area contributed by atoms with Crippen molar-refractivity contribution in [1.82, 2.24) is 25.1 Å². The Bertz CT molecular complexity index is 1170. The molecular formula is C18H15F6N7OS. The third kappa shape index (κ3) is 4.77. The summed E-state index contributed by atoms with van der Waals surface area (Å²) in [5.74, 6) is 5.03. The first-order valence-electron chi connectivity index (χ1n) is 9.42. The number of halogens is 6. The molecule has 0 unspecified atom stereocenters. The first-order valence-corrected chi connectivity index (χ1v) is 10.4. The molecule has 1 amide bonds. The van der Waals surface area contributed by atoms with Crippen molar-refractivity contribution < 1.29 is 31.1 Å². The molecule has 15 heteroatoms. The van der Waals surface area contributed by atoms with Crippen molar-refractivity contribution in [3.05, 3.63) is 40.6 Å². The van der Waals surface area contributed by atoms with Crippen LogP contribution in [0.1, 0.15) is 28.8 Å². The molecule has 0 bridgehead atoms. The van der Waals surface area contributed by atoms with Crippen molar-refractivity contribution in [2.75, 3.05) is 16.9 Å². The number of alkyl halides is 6. The Kier molecular flexibility index (Phi) is 5.76. The number of nitrogens with two attached hydrogens (primary N) is 1. The van der Waals surface area contributed by atoms with E-state index < -0.39 is 35.1 Å². The van der Waals surface area contributed by atoms with Crippen LogP contribution in [0.5, 0.6) is 0 Å². The van der Waals surface area contributed by atoms with Crippen LogP contribution in [0.3, 0.4) is 0 Å². The number of rotatable bonds is 5. The number of thioether (sulfide) groups is 1. The molecule has 0 aliphatic heterocycles. The van der Waals surface area contributed by atoms with Gasteiger partial charge in [-0.15, -0.1) is 10.2 Å². The van der Waals surface area contributed by atoms with E-state index in [1.54, 1.807) is 0 Å². The zero-order valence-corrected chi connectivity index (χ0v) is 17.3. The summed E-state index contributed by atoms with van der Waals surface area (Å²) in [6.07, 6.45) is -7.42. The van der Waals surface area contributed by atoms with Crippen LogP contribution in [-0.4, -0.2) is 36.7 Å². The van der Waals surface area contributed by atoms with Gasteiger partial charge in [0.25, 0.3) is 0 Å². The zero-order valence-electron chi connectivity index (χ0n) is 16.5. The van der Waals surface area contributed by atoms with Crippen molar-refractivity contribution in [3.63, 3.8) is 0 Å². The number of carbonyl (C=O) groups is 1. The second kappa shape index (κ2) is 8.28. The van der Waals surface area contributed by atoms with Gasteiger partial charge in [0.05, 0.1) is 16.9 Å². The lowest BCUT2D eigenvalue weighted by molar-refractivity contribution is -0.143. The van der Waals surface area contributed by atoms with E-state index >= 15 is 0 Å². The van der Waals surface area contributed by atoms with E-state index in [0.29, 0.717) is 17.8 Å². The Morgan fingerprint density at radius 1 is 1.09 bits per heavy atom. The topological polar surface area (TPSA) is 115 Å². The molecule has 2 aromatic heterocycles. The van der Waals surface area contributed by atoms with Crippen LogP contribution in [0.15, 0.2) is 23.4 Å². The number of benzene rings is 1. The average molecular weight is 491 g/mol. The predicted molar refractivity (Wildman–Crippen MR) is 106 cm³/mol. The summed E-state index contributed by atoms with van der Waals surface area (Å²) in [5, 5.41) is 17.1. The number of carbonyl (C=O) groups excluding carboxylic acids is 1. The minimum absolute atomic E-state index is 0.0192. The van der Waals surface area contributed by atoms with Crippen molar-refractivity contribution >= 4 is 23.4 Å². The van der Waals surface area contributed by atoms with Crippen LogP contribution in [0.4, 0.5) is 32.0 Å². The molecule has 0 atom stereocenters. The largest absolute Gasteiger partial charge is 0.416 e. The molecule has 0 saturated carbocycles. The predicted octanol–water partition coefficient (Wildman–Crippen LogP) is 3.64. The van der Waals surface area contributed by atoms with Crippen LogP contribution in [0.25, 0.3) is 11.5 Å². The van der Waals surface area contributed by atoms with E-state index in [4.69, 9.17) is 5.84 Å². The van der Waals surface area contributed by atoms with Gasteiger partial charge in [0.2, 0.25) is 16.9 Å². The number of nitrogens with one attached hydrogen (secondary N) is 2. The van der Waals surface area contributed by atoms with Gasteiger partial charge in [-0.25, -0.2) is 4.68 Å². The second-order valence-electron chi connectivity index (χ2n) is 7.19. The maximum atomic E-state index is 13.0. The molecule has 0 saturated heterocycles. The van der Waals surface area contributed by atoms with Crippen LogP contribution in [0, 0.1) is 0 Å². The van der Waals surface area contributed by atoms with Crippen LogP contribution in [-0.2, 0) is 30.0 Å². The molecule has 0 fully saturated rings. The second-order valence-corrected chi connectivity index (χ2v) is 8.13. The van der Waals surface area contributed by atoms with Crippen molar-refractivity contribution in [3.8, 4) is 11.5 Å². The average Bonchev–Trinajstić information content (AvgIpc) is 3.41. The lowest BCUT2D eigenvalue weighted by Gasteiger charge is -2.14. The fourth-order valence-corrected chi connectivity index (χ4v) is 4.05. The van der Waals surface area contributed by atoms with Crippen molar-refractivity contribution in [2.24, 2.45) is 0 Å². The fourth-order valence-electron chi connectivity index (χ4n) is 3.40. The Hall–Kier alpha value is -3.23. The Morgan fingerprint density at radius 2 is 1.76 bits per heavy atom. The van der Waals surface area contributed by atoms with E-state index in [0.717, 1.165) is 47.0 Å². The van der Waals surface area contributed by atoms with Gasteiger partial charge in [0.1, 0.15) is 5.69 Å². The maximum Gasteiger partial charge on any atom is 0.416 e. The fraction of sp³-hybridized carbons (Fsp3) is 0.333. The smallest absolute Gasteiger partial charge is 0.335 e. The van der Waals surface area contributed by atoms with Crippen LogP contribution < -0.4 is 11.2 Å². The standard InChI is InChI=1S/C18H15F6N7OS/c19-17(20,21)8-4-9(18(22,23)24)6-10(5-8)26-13(32)7-33-16-30-29-15(31(16)25)14-11-2-1-3-12(11)27-28-14/h4-6H,1-3,7,25H2,(H,26,32)(H,27,28). The molecule has 1 aliphatic carbocycles. The number of hydrogen-bond donors (Lipinski definition) is 3. The zero-order chi connectivity index (χ0) is 24.0. The molecule has 176 valence electrons. The van der Waals surface area contributed by atoms with Crippen molar-refractivity contribution in [1.29, 1.82) is 0 Å². The van der Waals surface area contributed by atoms with E-state index in [1.165, 1.54) is 0 Å². The summed E-state index contributed by atoms with van der Waals surface area (Å²) in [4.78, 5) is 12.2. The van der Waals surface area contributed by atoms with Crippen LogP contribution >= 0.6 is 11.8 Å². The van der Waals surface area contributed by atoms with Gasteiger partial charge in [0.15, 0.2) is 0 Å². The molecule has 0 spiro atoms. The SMILES string of the molecule is Nn1c(SCC(=O)Nc2cc(C(F)(F)F)cc(C(F)(F)F)c2)nnc1-c1n[nH]c2c1CCC2. The summed E-state index contributed by atoms with van der Waals surface area (Å²) in [6.45, 7) is 0. The minimum atomic E-state index is -5.02.